The Balaban J connectivity index is 2.18. The molecule has 0 bridgehead atoms. The molecule has 1 heterocycles. The zero-order chi connectivity index (χ0) is 14.5. The molecule has 0 aliphatic rings. The van der Waals surface area contributed by atoms with E-state index in [1.165, 1.54) is 6.07 Å². The number of halogens is 3. The number of nitrogens with zero attached hydrogens (tertiary/aromatic N) is 1. The van der Waals surface area contributed by atoms with Gasteiger partial charge in [-0.3, -0.25) is 0 Å². The Labute approximate surface area is 130 Å². The van der Waals surface area contributed by atoms with E-state index in [0.29, 0.717) is 33.4 Å². The molecule has 0 aliphatic carbocycles. The predicted octanol–water partition coefficient (Wildman–Crippen LogP) is 4.54. The van der Waals surface area contributed by atoms with Gasteiger partial charge in [-0.15, -0.1) is 0 Å². The lowest BCUT2D eigenvalue weighted by Crippen LogP contribution is -2.13. The first-order valence-electron chi connectivity index (χ1n) is 6.09. The molecule has 1 aromatic carbocycles. The minimum absolute atomic E-state index is 0.339. The average Bonchev–Trinajstić information content (AvgIpc) is 2.43. The van der Waals surface area contributed by atoms with E-state index in [4.69, 9.17) is 16.3 Å². The highest BCUT2D eigenvalue weighted by Gasteiger charge is 2.07. The highest BCUT2D eigenvalue weighted by molar-refractivity contribution is 9.10. The van der Waals surface area contributed by atoms with Crippen LogP contribution in [0.25, 0.3) is 0 Å². The molecule has 0 atom stereocenters. The lowest BCUT2D eigenvalue weighted by molar-refractivity contribution is 0.457. The van der Waals surface area contributed by atoms with Crippen molar-refractivity contribution >= 4 is 27.5 Å². The highest BCUT2D eigenvalue weighted by atomic mass is 79.9. The molecule has 0 saturated heterocycles. The van der Waals surface area contributed by atoms with Gasteiger partial charge in [0, 0.05) is 12.6 Å². The summed E-state index contributed by atoms with van der Waals surface area (Å²) in [4.78, 5) is 4.33. The van der Waals surface area contributed by atoms with E-state index in [1.54, 1.807) is 24.3 Å². The largest absolute Gasteiger partial charge is 0.439 e. The molecule has 1 N–H and O–H groups in total. The van der Waals surface area contributed by atoms with Gasteiger partial charge < -0.3 is 10.1 Å². The molecule has 0 saturated carbocycles. The second-order valence-electron chi connectivity index (χ2n) is 4.04. The van der Waals surface area contributed by atoms with Crippen LogP contribution in [0.4, 0.5) is 4.39 Å². The number of hydrogen-bond donors (Lipinski definition) is 1. The topological polar surface area (TPSA) is 34.2 Å². The molecule has 6 heteroatoms. The second kappa shape index (κ2) is 7.02. The molecule has 1 aromatic heterocycles. The van der Waals surface area contributed by atoms with Crippen LogP contribution in [0.1, 0.15) is 12.6 Å². The van der Waals surface area contributed by atoms with Gasteiger partial charge in [-0.1, -0.05) is 18.5 Å². The molecule has 2 aromatic rings. The van der Waals surface area contributed by atoms with Crippen LogP contribution in [0, 0.1) is 5.82 Å². The van der Waals surface area contributed by atoms with Gasteiger partial charge in [-0.2, -0.15) is 0 Å². The monoisotopic (exact) mass is 358 g/mol. The number of aromatic nitrogens is 1. The lowest BCUT2D eigenvalue weighted by Gasteiger charge is -2.09. The van der Waals surface area contributed by atoms with Crippen molar-refractivity contribution in [2.45, 2.75) is 13.5 Å². The third kappa shape index (κ3) is 3.91. The van der Waals surface area contributed by atoms with E-state index < -0.39 is 0 Å². The maximum absolute atomic E-state index is 13.2. The quantitative estimate of drug-likeness (QED) is 0.851. The van der Waals surface area contributed by atoms with Crippen molar-refractivity contribution in [3.05, 3.63) is 51.3 Å². The summed E-state index contributed by atoms with van der Waals surface area (Å²) in [5.41, 5.74) is 0.715. The summed E-state index contributed by atoms with van der Waals surface area (Å²) in [5.74, 6) is 0.581. The van der Waals surface area contributed by atoms with E-state index in [-0.39, 0.29) is 5.82 Å². The molecule has 0 spiro atoms. The molecule has 0 amide bonds. The Morgan fingerprint density at radius 2 is 2.15 bits per heavy atom. The summed E-state index contributed by atoms with van der Waals surface area (Å²) in [6, 6.07) is 7.83. The average molecular weight is 360 g/mol. The minimum Gasteiger partial charge on any atom is -0.439 e. The van der Waals surface area contributed by atoms with Crippen molar-refractivity contribution in [3.8, 4) is 11.6 Å². The lowest BCUT2D eigenvalue weighted by atomic mass is 10.3. The van der Waals surface area contributed by atoms with E-state index >= 15 is 0 Å². The first-order chi connectivity index (χ1) is 9.60. The summed E-state index contributed by atoms with van der Waals surface area (Å²) in [5, 5.41) is 3.74. The number of nitrogens with one attached hydrogen (secondary N) is 1. The van der Waals surface area contributed by atoms with Crippen LogP contribution < -0.4 is 10.1 Å². The van der Waals surface area contributed by atoms with Gasteiger partial charge in [0.05, 0.1) is 15.2 Å². The smallest absolute Gasteiger partial charge is 0.219 e. The third-order valence-corrected chi connectivity index (χ3v) is 3.50. The number of hydrogen-bond acceptors (Lipinski definition) is 3. The van der Waals surface area contributed by atoms with E-state index in [2.05, 4.69) is 26.2 Å². The van der Waals surface area contributed by atoms with Crippen LogP contribution in [-0.4, -0.2) is 11.5 Å². The zero-order valence-electron chi connectivity index (χ0n) is 10.8. The fourth-order valence-corrected chi connectivity index (χ4v) is 2.08. The molecule has 0 unspecified atom stereocenters. The minimum atomic E-state index is -0.339. The molecule has 20 heavy (non-hydrogen) atoms. The van der Waals surface area contributed by atoms with Crippen LogP contribution in [0.5, 0.6) is 11.6 Å². The van der Waals surface area contributed by atoms with Gasteiger partial charge in [0.15, 0.2) is 0 Å². The van der Waals surface area contributed by atoms with Crippen molar-refractivity contribution in [1.82, 2.24) is 10.3 Å². The maximum atomic E-state index is 13.2. The Bertz CT molecular complexity index is 610. The fraction of sp³-hybridized carbons (Fsp3) is 0.214. The van der Waals surface area contributed by atoms with Crippen LogP contribution in [0.3, 0.4) is 0 Å². The number of benzene rings is 1. The van der Waals surface area contributed by atoms with Crippen LogP contribution in [0.2, 0.25) is 5.02 Å². The SMILES string of the molecule is CCNCc1nc(Oc2ccc(F)c(Br)c2)ccc1Cl. The van der Waals surface area contributed by atoms with Crippen LogP contribution in [-0.2, 0) is 6.54 Å². The van der Waals surface area contributed by atoms with Crippen LogP contribution >= 0.6 is 27.5 Å². The highest BCUT2D eigenvalue weighted by Crippen LogP contribution is 2.26. The van der Waals surface area contributed by atoms with E-state index in [9.17, 15) is 4.39 Å². The molecule has 0 radical (unpaired) electrons. The third-order valence-electron chi connectivity index (χ3n) is 2.55. The summed E-state index contributed by atoms with van der Waals surface area (Å²) < 4.78 is 19.1. The molecule has 0 aliphatic heterocycles. The molecule has 106 valence electrons. The second-order valence-corrected chi connectivity index (χ2v) is 5.30. The molecular weight excluding hydrogens is 347 g/mol. The maximum Gasteiger partial charge on any atom is 0.219 e. The molecular formula is C14H13BrClFN2O. The fourth-order valence-electron chi connectivity index (χ4n) is 1.55. The van der Waals surface area contributed by atoms with Crippen molar-refractivity contribution < 1.29 is 9.13 Å². The molecule has 3 nitrogen and oxygen atoms in total. The standard InChI is InChI=1S/C14H13BrClFN2O/c1-2-18-8-13-11(16)4-6-14(19-13)20-9-3-5-12(17)10(15)7-9/h3-7,18H,2,8H2,1H3. The van der Waals surface area contributed by atoms with Crippen molar-refractivity contribution in [2.75, 3.05) is 6.54 Å². The number of ether oxygens (including phenoxy) is 1. The number of pyridine rings is 1. The van der Waals surface area contributed by atoms with Gasteiger partial charge in [0.2, 0.25) is 5.88 Å². The normalized spacial score (nSPS) is 10.6. The van der Waals surface area contributed by atoms with Gasteiger partial charge in [0.1, 0.15) is 11.6 Å². The first kappa shape index (κ1) is 15.2. The molecule has 0 fully saturated rings. The van der Waals surface area contributed by atoms with Crippen molar-refractivity contribution in [3.63, 3.8) is 0 Å². The van der Waals surface area contributed by atoms with Gasteiger partial charge in [-0.05, 0) is 46.7 Å². The van der Waals surface area contributed by atoms with Gasteiger partial charge in [-0.25, -0.2) is 9.37 Å². The molecule has 2 rings (SSSR count). The van der Waals surface area contributed by atoms with Gasteiger partial charge >= 0.3 is 0 Å². The Hall–Kier alpha value is -1.17. The summed E-state index contributed by atoms with van der Waals surface area (Å²) in [7, 11) is 0. The van der Waals surface area contributed by atoms with Gasteiger partial charge in [0.25, 0.3) is 0 Å². The Morgan fingerprint density at radius 3 is 2.85 bits per heavy atom. The zero-order valence-corrected chi connectivity index (χ0v) is 13.1. The van der Waals surface area contributed by atoms with Crippen molar-refractivity contribution in [2.24, 2.45) is 0 Å². The van der Waals surface area contributed by atoms with E-state index in [1.807, 2.05) is 6.92 Å². The first-order valence-corrected chi connectivity index (χ1v) is 7.26. The summed E-state index contributed by atoms with van der Waals surface area (Å²) in [6.07, 6.45) is 0. The predicted molar refractivity (Wildman–Crippen MR) is 80.8 cm³/mol. The number of rotatable bonds is 5. The Kier molecular flexibility index (Phi) is 5.34. The summed E-state index contributed by atoms with van der Waals surface area (Å²) in [6.45, 7) is 3.40. The van der Waals surface area contributed by atoms with E-state index in [0.717, 1.165) is 6.54 Å². The van der Waals surface area contributed by atoms with Crippen LogP contribution in [0.15, 0.2) is 34.8 Å². The Morgan fingerprint density at radius 1 is 1.35 bits per heavy atom. The van der Waals surface area contributed by atoms with Crippen molar-refractivity contribution in [1.29, 1.82) is 0 Å². The summed E-state index contributed by atoms with van der Waals surface area (Å²) >= 11 is 9.18.